The summed E-state index contributed by atoms with van der Waals surface area (Å²) in [5.74, 6) is -0.506. The van der Waals surface area contributed by atoms with Crippen LogP contribution in [0.5, 0.6) is 0 Å². The standard InChI is InChI=1S/C19H20N2O4S/c1-13-3-5-14(6-4-13)12-21(15-7-8-15)26(23,24)16-9-10-17-18(11-16)25-19(22)20(17)2/h3-6,9-11,15H,7-8,12H2,1-2H3. The predicted octanol–water partition coefficient (Wildman–Crippen LogP) is 2.79. The van der Waals surface area contributed by atoms with Crippen LogP contribution in [0.3, 0.4) is 0 Å². The molecule has 0 unspecified atom stereocenters. The maximum Gasteiger partial charge on any atom is 0.419 e. The van der Waals surface area contributed by atoms with Crippen LogP contribution in [-0.2, 0) is 23.6 Å². The van der Waals surface area contributed by atoms with Gasteiger partial charge >= 0.3 is 5.76 Å². The lowest BCUT2D eigenvalue weighted by atomic mass is 10.1. The molecule has 0 amide bonds. The van der Waals surface area contributed by atoms with Gasteiger partial charge in [-0.25, -0.2) is 13.2 Å². The number of nitrogens with zero attached hydrogens (tertiary/aromatic N) is 2. The van der Waals surface area contributed by atoms with Gasteiger partial charge in [-0.2, -0.15) is 4.31 Å². The van der Waals surface area contributed by atoms with Crippen molar-refractivity contribution in [1.82, 2.24) is 8.87 Å². The van der Waals surface area contributed by atoms with Crippen LogP contribution in [0.1, 0.15) is 24.0 Å². The first-order valence-corrected chi connectivity index (χ1v) is 9.97. The molecule has 0 spiro atoms. The molecule has 6 nitrogen and oxygen atoms in total. The molecule has 1 fully saturated rings. The number of hydrogen-bond donors (Lipinski definition) is 0. The van der Waals surface area contributed by atoms with E-state index in [0.717, 1.165) is 24.0 Å². The van der Waals surface area contributed by atoms with E-state index in [-0.39, 0.29) is 16.5 Å². The number of sulfonamides is 1. The van der Waals surface area contributed by atoms with Gasteiger partial charge in [-0.05, 0) is 37.5 Å². The lowest BCUT2D eigenvalue weighted by molar-refractivity contribution is 0.398. The highest BCUT2D eigenvalue weighted by Crippen LogP contribution is 2.34. The fourth-order valence-electron chi connectivity index (χ4n) is 3.06. The number of fused-ring (bicyclic) bond motifs is 1. The van der Waals surface area contributed by atoms with Crippen LogP contribution in [0, 0.1) is 6.92 Å². The first kappa shape index (κ1) is 17.1. The first-order valence-electron chi connectivity index (χ1n) is 8.53. The highest BCUT2D eigenvalue weighted by molar-refractivity contribution is 7.89. The lowest BCUT2D eigenvalue weighted by Crippen LogP contribution is -2.32. The summed E-state index contributed by atoms with van der Waals surface area (Å²) in [5, 5.41) is 0. The van der Waals surface area contributed by atoms with E-state index in [4.69, 9.17) is 4.42 Å². The van der Waals surface area contributed by atoms with Gasteiger partial charge in [0.1, 0.15) is 0 Å². The minimum absolute atomic E-state index is 0.0276. The summed E-state index contributed by atoms with van der Waals surface area (Å²) in [6, 6.07) is 12.5. The summed E-state index contributed by atoms with van der Waals surface area (Å²) >= 11 is 0. The summed E-state index contributed by atoms with van der Waals surface area (Å²) in [4.78, 5) is 11.8. The van der Waals surface area contributed by atoms with E-state index in [1.807, 2.05) is 31.2 Å². The second-order valence-corrected chi connectivity index (χ2v) is 8.71. The number of oxazole rings is 1. The van der Waals surface area contributed by atoms with Crippen molar-refractivity contribution < 1.29 is 12.8 Å². The Morgan fingerprint density at radius 3 is 2.50 bits per heavy atom. The second kappa shape index (κ2) is 6.10. The van der Waals surface area contributed by atoms with E-state index >= 15 is 0 Å². The van der Waals surface area contributed by atoms with Gasteiger partial charge in [0.25, 0.3) is 0 Å². The molecule has 1 aromatic heterocycles. The van der Waals surface area contributed by atoms with Gasteiger partial charge in [-0.3, -0.25) is 4.57 Å². The Bertz CT molecular complexity index is 1120. The molecule has 0 saturated heterocycles. The molecule has 0 atom stereocenters. The van der Waals surface area contributed by atoms with Gasteiger partial charge in [0, 0.05) is 25.7 Å². The van der Waals surface area contributed by atoms with Crippen LogP contribution in [0.25, 0.3) is 11.1 Å². The molecule has 136 valence electrons. The van der Waals surface area contributed by atoms with E-state index in [2.05, 4.69) is 0 Å². The zero-order valence-corrected chi connectivity index (χ0v) is 15.5. The van der Waals surface area contributed by atoms with Crippen LogP contribution < -0.4 is 5.76 Å². The molecule has 0 N–H and O–H groups in total. The fraction of sp³-hybridized carbons (Fsp3) is 0.316. The van der Waals surface area contributed by atoms with Crippen LogP contribution in [-0.4, -0.2) is 23.3 Å². The first-order chi connectivity index (χ1) is 12.4. The molecule has 7 heteroatoms. The monoisotopic (exact) mass is 372 g/mol. The normalized spacial score (nSPS) is 15.0. The largest absolute Gasteiger partial charge is 0.419 e. The van der Waals surface area contributed by atoms with E-state index in [1.165, 1.54) is 16.7 Å². The van der Waals surface area contributed by atoms with Gasteiger partial charge in [-0.1, -0.05) is 29.8 Å². The van der Waals surface area contributed by atoms with E-state index < -0.39 is 15.8 Å². The predicted molar refractivity (Wildman–Crippen MR) is 98.4 cm³/mol. The van der Waals surface area contributed by atoms with Crippen molar-refractivity contribution in [2.45, 2.75) is 37.2 Å². The average Bonchev–Trinajstić information content (AvgIpc) is 3.40. The van der Waals surface area contributed by atoms with E-state index in [1.54, 1.807) is 17.4 Å². The number of aryl methyl sites for hydroxylation is 2. The zero-order valence-electron chi connectivity index (χ0n) is 14.7. The average molecular weight is 372 g/mol. The Kier molecular flexibility index (Phi) is 4.00. The van der Waals surface area contributed by atoms with Gasteiger partial charge in [0.15, 0.2) is 5.58 Å². The third-order valence-electron chi connectivity index (χ3n) is 4.78. The van der Waals surface area contributed by atoms with Crippen LogP contribution in [0.15, 0.2) is 56.6 Å². The van der Waals surface area contributed by atoms with Crippen molar-refractivity contribution >= 4 is 21.1 Å². The molecule has 26 heavy (non-hydrogen) atoms. The van der Waals surface area contributed by atoms with Crippen molar-refractivity contribution in [3.05, 3.63) is 64.1 Å². The quantitative estimate of drug-likeness (QED) is 0.690. The Labute approximate surface area is 151 Å². The molecular weight excluding hydrogens is 352 g/mol. The number of rotatable bonds is 5. The highest BCUT2D eigenvalue weighted by Gasteiger charge is 2.38. The molecule has 0 bridgehead atoms. The lowest BCUT2D eigenvalue weighted by Gasteiger charge is -2.22. The molecule has 0 aliphatic heterocycles. The van der Waals surface area contributed by atoms with Crippen molar-refractivity contribution in [2.24, 2.45) is 7.05 Å². The van der Waals surface area contributed by atoms with Gasteiger partial charge in [-0.15, -0.1) is 0 Å². The maximum absolute atomic E-state index is 13.2. The summed E-state index contributed by atoms with van der Waals surface area (Å²) < 4.78 is 34.5. The minimum atomic E-state index is -3.68. The second-order valence-electron chi connectivity index (χ2n) is 6.82. The Balaban J connectivity index is 1.72. The number of aromatic nitrogens is 1. The van der Waals surface area contributed by atoms with E-state index in [0.29, 0.717) is 12.1 Å². The number of hydrogen-bond acceptors (Lipinski definition) is 4. The third kappa shape index (κ3) is 2.97. The maximum atomic E-state index is 13.2. The van der Waals surface area contributed by atoms with Crippen LogP contribution >= 0.6 is 0 Å². The molecule has 1 heterocycles. The molecule has 2 aromatic carbocycles. The molecular formula is C19H20N2O4S. The highest BCUT2D eigenvalue weighted by atomic mass is 32.2. The minimum Gasteiger partial charge on any atom is -0.408 e. The van der Waals surface area contributed by atoms with Crippen molar-refractivity contribution in [3.63, 3.8) is 0 Å². The summed E-state index contributed by atoms with van der Waals surface area (Å²) in [7, 11) is -2.09. The summed E-state index contributed by atoms with van der Waals surface area (Å²) in [6.45, 7) is 2.34. The molecule has 3 aromatic rings. The van der Waals surface area contributed by atoms with E-state index in [9.17, 15) is 13.2 Å². The molecule has 1 aliphatic rings. The smallest absolute Gasteiger partial charge is 0.408 e. The van der Waals surface area contributed by atoms with Gasteiger partial charge < -0.3 is 4.42 Å². The van der Waals surface area contributed by atoms with Crippen molar-refractivity contribution in [1.29, 1.82) is 0 Å². The van der Waals surface area contributed by atoms with Crippen LogP contribution in [0.2, 0.25) is 0 Å². The van der Waals surface area contributed by atoms with Crippen LogP contribution in [0.4, 0.5) is 0 Å². The summed E-state index contributed by atoms with van der Waals surface area (Å²) in [6.07, 6.45) is 1.74. The van der Waals surface area contributed by atoms with Crippen molar-refractivity contribution in [3.8, 4) is 0 Å². The molecule has 0 radical (unpaired) electrons. The SMILES string of the molecule is Cc1ccc(CN(C2CC2)S(=O)(=O)c2ccc3c(c2)oc(=O)n3C)cc1. The zero-order chi connectivity index (χ0) is 18.5. The Morgan fingerprint density at radius 2 is 1.85 bits per heavy atom. The molecule has 1 aliphatic carbocycles. The number of benzene rings is 2. The van der Waals surface area contributed by atoms with Gasteiger partial charge in [0.05, 0.1) is 10.4 Å². The van der Waals surface area contributed by atoms with Gasteiger partial charge in [0.2, 0.25) is 10.0 Å². The summed E-state index contributed by atoms with van der Waals surface area (Å²) in [5.41, 5.74) is 2.95. The fourth-order valence-corrected chi connectivity index (χ4v) is 4.75. The topological polar surface area (TPSA) is 72.5 Å². The third-order valence-corrected chi connectivity index (χ3v) is 6.68. The Morgan fingerprint density at radius 1 is 1.15 bits per heavy atom. The molecule has 4 rings (SSSR count). The van der Waals surface area contributed by atoms with Crippen molar-refractivity contribution in [2.75, 3.05) is 0 Å². The Hall–Kier alpha value is -2.38. The molecule has 1 saturated carbocycles.